The first-order chi connectivity index (χ1) is 17.6. The maximum atomic E-state index is 13.3. The molecule has 2 aliphatic carbocycles. The Kier molecular flexibility index (Phi) is 8.12. The highest BCUT2D eigenvalue weighted by atomic mass is 16.6. The van der Waals surface area contributed by atoms with Gasteiger partial charge in [-0.3, -0.25) is 14.5 Å². The Morgan fingerprint density at radius 3 is 2.25 bits per heavy atom. The average molecular weight is 496 g/mol. The van der Waals surface area contributed by atoms with E-state index in [1.54, 1.807) is 17.0 Å². The molecule has 5 rings (SSSR count). The van der Waals surface area contributed by atoms with E-state index in [0.29, 0.717) is 48.7 Å². The van der Waals surface area contributed by atoms with Gasteiger partial charge >= 0.3 is 6.09 Å². The normalized spacial score (nSPS) is 26.8. The van der Waals surface area contributed by atoms with E-state index in [1.165, 1.54) is 44.9 Å². The van der Waals surface area contributed by atoms with E-state index in [2.05, 4.69) is 10.2 Å². The van der Waals surface area contributed by atoms with Crippen molar-refractivity contribution >= 4 is 23.6 Å². The fraction of sp³-hybridized carbons (Fsp3) is 0.690. The third kappa shape index (κ3) is 5.70. The predicted octanol–water partition coefficient (Wildman–Crippen LogP) is 5.60. The molecule has 2 heterocycles. The smallest absolute Gasteiger partial charge is 0.410 e. The molecule has 1 N–H and O–H groups in total. The van der Waals surface area contributed by atoms with Crippen LogP contribution in [0.25, 0.3) is 0 Å². The van der Waals surface area contributed by atoms with E-state index >= 15 is 0 Å². The first-order valence-electron chi connectivity index (χ1n) is 14.3. The summed E-state index contributed by atoms with van der Waals surface area (Å²) in [5, 5.41) is 2.95. The number of ether oxygens (including phenoxy) is 1. The minimum absolute atomic E-state index is 0.104. The van der Waals surface area contributed by atoms with Gasteiger partial charge < -0.3 is 15.0 Å². The van der Waals surface area contributed by atoms with Crippen LogP contribution in [0.1, 0.15) is 93.8 Å². The Balaban J connectivity index is 1.15. The van der Waals surface area contributed by atoms with Gasteiger partial charge in [-0.1, -0.05) is 32.1 Å². The fourth-order valence-corrected chi connectivity index (χ4v) is 6.85. The molecule has 2 aliphatic heterocycles. The SMILES string of the molecule is O=C(Nc1ccc(C(=O)N2CCCC3CCCCC32)cc1)C1CCCN1C(=O)OCC1CCCCC1. The molecule has 4 fully saturated rings. The highest BCUT2D eigenvalue weighted by molar-refractivity contribution is 5.98. The van der Waals surface area contributed by atoms with Crippen LogP contribution >= 0.6 is 0 Å². The number of piperidine rings is 1. The monoisotopic (exact) mass is 495 g/mol. The van der Waals surface area contributed by atoms with Crippen LogP contribution in [0.3, 0.4) is 0 Å². The number of amides is 3. The average Bonchev–Trinajstić information content (AvgIpc) is 3.42. The number of nitrogens with one attached hydrogen (secondary N) is 1. The fourth-order valence-electron chi connectivity index (χ4n) is 6.85. The molecule has 3 amide bonds. The Bertz CT molecular complexity index is 925. The molecule has 4 aliphatic rings. The Morgan fingerprint density at radius 2 is 1.44 bits per heavy atom. The van der Waals surface area contributed by atoms with Crippen LogP contribution in [0, 0.1) is 11.8 Å². The summed E-state index contributed by atoms with van der Waals surface area (Å²) in [5.74, 6) is 1.01. The maximum absolute atomic E-state index is 13.3. The second kappa shape index (κ2) is 11.7. The van der Waals surface area contributed by atoms with E-state index in [-0.39, 0.29) is 17.9 Å². The Labute approximate surface area is 214 Å². The number of rotatable bonds is 5. The molecule has 0 aromatic heterocycles. The molecule has 0 bridgehead atoms. The number of likely N-dealkylation sites (tertiary alicyclic amines) is 2. The quantitative estimate of drug-likeness (QED) is 0.577. The summed E-state index contributed by atoms with van der Waals surface area (Å²) in [7, 11) is 0. The second-order valence-corrected chi connectivity index (χ2v) is 11.3. The van der Waals surface area contributed by atoms with Gasteiger partial charge in [0.15, 0.2) is 0 Å². The predicted molar refractivity (Wildman–Crippen MR) is 139 cm³/mol. The molecule has 1 aromatic carbocycles. The van der Waals surface area contributed by atoms with E-state index in [9.17, 15) is 14.4 Å². The second-order valence-electron chi connectivity index (χ2n) is 11.3. The number of hydrogen-bond acceptors (Lipinski definition) is 4. The molecule has 36 heavy (non-hydrogen) atoms. The van der Waals surface area contributed by atoms with Crippen LogP contribution < -0.4 is 5.32 Å². The van der Waals surface area contributed by atoms with Gasteiger partial charge in [0.1, 0.15) is 6.04 Å². The molecule has 1 aromatic rings. The highest BCUT2D eigenvalue weighted by Gasteiger charge is 2.37. The Hall–Kier alpha value is -2.57. The van der Waals surface area contributed by atoms with Crippen molar-refractivity contribution in [3.63, 3.8) is 0 Å². The summed E-state index contributed by atoms with van der Waals surface area (Å²) in [5.41, 5.74) is 1.32. The lowest BCUT2D eigenvalue weighted by atomic mass is 9.78. The summed E-state index contributed by atoms with van der Waals surface area (Å²) in [6.45, 7) is 1.84. The zero-order valence-electron chi connectivity index (χ0n) is 21.5. The molecule has 2 saturated heterocycles. The number of nitrogens with zero attached hydrogens (tertiary/aromatic N) is 2. The van der Waals surface area contributed by atoms with Crippen molar-refractivity contribution in [2.75, 3.05) is 25.0 Å². The van der Waals surface area contributed by atoms with Crippen molar-refractivity contribution < 1.29 is 19.1 Å². The third-order valence-corrected chi connectivity index (χ3v) is 8.86. The lowest BCUT2D eigenvalue weighted by Gasteiger charge is -2.44. The summed E-state index contributed by atoms with van der Waals surface area (Å²) >= 11 is 0. The molecule has 0 spiro atoms. The zero-order valence-corrected chi connectivity index (χ0v) is 21.5. The van der Waals surface area contributed by atoms with E-state index < -0.39 is 6.04 Å². The van der Waals surface area contributed by atoms with Gasteiger partial charge in [-0.05, 0) is 87.5 Å². The third-order valence-electron chi connectivity index (χ3n) is 8.86. The first-order valence-corrected chi connectivity index (χ1v) is 14.3. The molecule has 3 atom stereocenters. The summed E-state index contributed by atoms with van der Waals surface area (Å²) in [4.78, 5) is 42.7. The molecule has 2 saturated carbocycles. The van der Waals surface area contributed by atoms with Crippen LogP contribution in [0.4, 0.5) is 10.5 Å². The van der Waals surface area contributed by atoms with Gasteiger partial charge in [0.2, 0.25) is 5.91 Å². The molecule has 196 valence electrons. The lowest BCUT2D eigenvalue weighted by molar-refractivity contribution is -0.120. The van der Waals surface area contributed by atoms with Gasteiger partial charge in [-0.2, -0.15) is 0 Å². The minimum Gasteiger partial charge on any atom is -0.449 e. The molecule has 7 heteroatoms. The number of carbonyl (C=O) groups excluding carboxylic acids is 3. The lowest BCUT2D eigenvalue weighted by Crippen LogP contribution is -2.49. The topological polar surface area (TPSA) is 79.0 Å². The van der Waals surface area contributed by atoms with Crippen molar-refractivity contribution in [2.45, 2.75) is 95.6 Å². The van der Waals surface area contributed by atoms with Crippen LogP contribution in [0.15, 0.2) is 24.3 Å². The molecular formula is C29H41N3O4. The van der Waals surface area contributed by atoms with Crippen molar-refractivity contribution in [3.8, 4) is 0 Å². The van der Waals surface area contributed by atoms with Gasteiger partial charge in [0, 0.05) is 30.4 Å². The summed E-state index contributed by atoms with van der Waals surface area (Å²) in [6.07, 6.45) is 14.2. The first kappa shape index (κ1) is 25.1. The molecule has 0 radical (unpaired) electrons. The highest BCUT2D eigenvalue weighted by Crippen LogP contribution is 2.36. The van der Waals surface area contributed by atoms with E-state index in [0.717, 1.165) is 38.6 Å². The van der Waals surface area contributed by atoms with E-state index in [4.69, 9.17) is 4.74 Å². The van der Waals surface area contributed by atoms with Gasteiger partial charge in [0.25, 0.3) is 5.91 Å². The van der Waals surface area contributed by atoms with Crippen molar-refractivity contribution in [1.29, 1.82) is 0 Å². The molecular weight excluding hydrogens is 454 g/mol. The van der Waals surface area contributed by atoms with Gasteiger partial charge in [0.05, 0.1) is 6.61 Å². The number of carbonyl (C=O) groups is 3. The van der Waals surface area contributed by atoms with Crippen molar-refractivity contribution in [1.82, 2.24) is 9.80 Å². The minimum atomic E-state index is -0.512. The van der Waals surface area contributed by atoms with Crippen LogP contribution in [-0.4, -0.2) is 59.5 Å². The number of benzene rings is 1. The van der Waals surface area contributed by atoms with E-state index in [1.807, 2.05) is 12.1 Å². The maximum Gasteiger partial charge on any atom is 0.410 e. The van der Waals surface area contributed by atoms with Gasteiger partial charge in [-0.25, -0.2) is 4.79 Å². The number of hydrogen-bond donors (Lipinski definition) is 1. The largest absolute Gasteiger partial charge is 0.449 e. The number of anilines is 1. The summed E-state index contributed by atoms with van der Waals surface area (Å²) in [6, 6.07) is 7.10. The number of fused-ring (bicyclic) bond motifs is 1. The standard InChI is InChI=1S/C29H41N3O4/c33-27(26-13-7-19-32(26)29(35)36-20-21-8-2-1-3-9-21)30-24-16-14-23(15-17-24)28(34)31-18-6-11-22-10-4-5-12-25(22)31/h14-17,21-22,25-26H,1-13,18-20H2,(H,30,33). The van der Waals surface area contributed by atoms with Crippen LogP contribution in [-0.2, 0) is 9.53 Å². The molecule has 3 unspecified atom stereocenters. The van der Waals surface area contributed by atoms with Gasteiger partial charge in [-0.15, -0.1) is 0 Å². The molecule has 7 nitrogen and oxygen atoms in total. The zero-order chi connectivity index (χ0) is 24.9. The van der Waals surface area contributed by atoms with Crippen LogP contribution in [0.2, 0.25) is 0 Å². The van der Waals surface area contributed by atoms with Crippen LogP contribution in [0.5, 0.6) is 0 Å². The van der Waals surface area contributed by atoms with Crippen molar-refractivity contribution in [2.24, 2.45) is 11.8 Å². The van der Waals surface area contributed by atoms with Crippen molar-refractivity contribution in [3.05, 3.63) is 29.8 Å². The summed E-state index contributed by atoms with van der Waals surface area (Å²) < 4.78 is 5.60. The Morgan fingerprint density at radius 1 is 0.778 bits per heavy atom.